The van der Waals surface area contributed by atoms with Gasteiger partial charge in [-0.3, -0.25) is 0 Å². The van der Waals surface area contributed by atoms with Crippen molar-refractivity contribution in [2.45, 2.75) is 192 Å². The molecule has 8 heteroatoms. The first-order valence-corrected chi connectivity index (χ1v) is 24.3. The molecular weight excluding hydrogens is 785 g/mol. The average molecular weight is 863 g/mol. The summed E-state index contributed by atoms with van der Waals surface area (Å²) in [6.45, 7) is 8.53. The number of benzene rings is 4. The molecule has 1 aliphatic carbocycles. The van der Waals surface area contributed by atoms with Crippen molar-refractivity contribution in [3.05, 3.63) is 144 Å². The van der Waals surface area contributed by atoms with Crippen LogP contribution in [0.25, 0.3) is 0 Å². The highest BCUT2D eigenvalue weighted by atomic mass is 16.8. The van der Waals surface area contributed by atoms with Gasteiger partial charge in [-0.05, 0) is 48.9 Å². The fourth-order valence-corrected chi connectivity index (χ4v) is 9.23. The zero-order chi connectivity index (χ0) is 44.0. The number of nitrogens with one attached hydrogen (secondary N) is 1. The van der Waals surface area contributed by atoms with Crippen molar-refractivity contribution >= 4 is 0 Å². The molecule has 6 rings (SSSR count). The highest BCUT2D eigenvalue weighted by molar-refractivity contribution is 5.17. The molecule has 2 aliphatic rings. The topological polar surface area (TPSA) is 93.4 Å². The van der Waals surface area contributed by atoms with Gasteiger partial charge in [0.05, 0.1) is 38.6 Å². The van der Waals surface area contributed by atoms with Crippen molar-refractivity contribution in [1.29, 1.82) is 0 Å². The van der Waals surface area contributed by atoms with Crippen LogP contribution in [0.15, 0.2) is 121 Å². The molecule has 1 saturated carbocycles. The lowest BCUT2D eigenvalue weighted by molar-refractivity contribution is -0.221. The molecule has 1 heterocycles. The lowest BCUT2D eigenvalue weighted by Gasteiger charge is -2.46. The lowest BCUT2D eigenvalue weighted by atomic mass is 9.84. The maximum atomic E-state index is 7.14. The molecule has 0 amide bonds. The summed E-state index contributed by atoms with van der Waals surface area (Å²) >= 11 is 0. The summed E-state index contributed by atoms with van der Waals surface area (Å²) in [6, 6.07) is 40.8. The van der Waals surface area contributed by atoms with E-state index in [1.165, 1.54) is 70.6 Å². The van der Waals surface area contributed by atoms with E-state index in [0.29, 0.717) is 39.4 Å². The van der Waals surface area contributed by atoms with Gasteiger partial charge >= 0.3 is 0 Å². The third-order valence-corrected chi connectivity index (χ3v) is 12.7. The highest BCUT2D eigenvalue weighted by Crippen LogP contribution is 2.35. The second-order valence-electron chi connectivity index (χ2n) is 18.3. The maximum Gasteiger partial charge on any atom is 0.163 e. The van der Waals surface area contributed by atoms with Crippen LogP contribution in [0.5, 0.6) is 0 Å². The highest BCUT2D eigenvalue weighted by Gasteiger charge is 2.49. The van der Waals surface area contributed by atoms with E-state index >= 15 is 0 Å². The van der Waals surface area contributed by atoms with E-state index < -0.39 is 18.0 Å². The van der Waals surface area contributed by atoms with E-state index in [1.807, 2.05) is 62.4 Å². The van der Waals surface area contributed by atoms with Crippen molar-refractivity contribution in [1.82, 2.24) is 5.32 Å². The molecule has 4 aromatic carbocycles. The second kappa shape index (κ2) is 27.1. The Morgan fingerprint density at radius 3 is 1.43 bits per heavy atom. The lowest BCUT2D eigenvalue weighted by Crippen LogP contribution is -2.64. The number of unbranched alkanes of at least 4 members (excludes halogenated alkanes) is 11. The smallest absolute Gasteiger partial charge is 0.163 e. The number of hydrogen-bond donors (Lipinski definition) is 2. The van der Waals surface area contributed by atoms with Crippen molar-refractivity contribution < 1.29 is 28.4 Å². The summed E-state index contributed by atoms with van der Waals surface area (Å²) in [5.41, 5.74) is 11.5. The summed E-state index contributed by atoms with van der Waals surface area (Å²) < 4.78 is 40.9. The first-order valence-electron chi connectivity index (χ1n) is 24.3. The van der Waals surface area contributed by atoms with Crippen LogP contribution >= 0.6 is 0 Å². The first kappa shape index (κ1) is 49.0. The van der Waals surface area contributed by atoms with Crippen LogP contribution in [-0.4, -0.2) is 61.0 Å². The van der Waals surface area contributed by atoms with Gasteiger partial charge in [-0.1, -0.05) is 205 Å². The van der Waals surface area contributed by atoms with Gasteiger partial charge in [0.15, 0.2) is 5.79 Å². The molecule has 63 heavy (non-hydrogen) atoms. The van der Waals surface area contributed by atoms with Gasteiger partial charge in [-0.25, -0.2) is 0 Å². The summed E-state index contributed by atoms with van der Waals surface area (Å²) in [7, 11) is 0. The Bertz CT molecular complexity index is 1770. The zero-order valence-corrected chi connectivity index (χ0v) is 38.6. The Balaban J connectivity index is 1.15. The van der Waals surface area contributed by atoms with E-state index in [2.05, 4.69) is 85.0 Å². The Morgan fingerprint density at radius 1 is 0.540 bits per heavy atom. The molecule has 0 radical (unpaired) electrons. The van der Waals surface area contributed by atoms with Gasteiger partial charge in [0.2, 0.25) is 0 Å². The number of rotatable bonds is 29. The Hall–Kier alpha value is -3.44. The molecule has 2 fully saturated rings. The van der Waals surface area contributed by atoms with E-state index in [4.69, 9.17) is 34.2 Å². The zero-order valence-electron chi connectivity index (χ0n) is 38.6. The molecule has 0 bridgehead atoms. The van der Waals surface area contributed by atoms with Crippen LogP contribution in [0.2, 0.25) is 0 Å². The van der Waals surface area contributed by atoms with Crippen molar-refractivity contribution in [3.63, 3.8) is 0 Å². The van der Waals surface area contributed by atoms with Crippen LogP contribution in [-0.2, 0) is 54.8 Å². The maximum absolute atomic E-state index is 7.14. The molecule has 8 nitrogen and oxygen atoms in total. The van der Waals surface area contributed by atoms with E-state index in [1.54, 1.807) is 0 Å². The van der Waals surface area contributed by atoms with Gasteiger partial charge in [0, 0.05) is 18.6 Å². The number of hydrogen-bond acceptors (Lipinski definition) is 8. The monoisotopic (exact) mass is 863 g/mol. The van der Waals surface area contributed by atoms with Crippen LogP contribution < -0.4 is 11.1 Å². The van der Waals surface area contributed by atoms with Gasteiger partial charge in [-0.15, -0.1) is 0 Å². The number of nitrogens with two attached hydrogens (primary N) is 1. The number of ether oxygens (including phenoxy) is 6. The summed E-state index contributed by atoms with van der Waals surface area (Å²) in [4.78, 5) is 0. The minimum absolute atomic E-state index is 0.0592. The SMILES string of the molecule is CCCCCCCCCCCCCC[C@H]1OC(C)(C)O[C@H]1[C@@H](N)CN[C@@H]1C[C@H](OCc2ccccc2)[C@@H](OCc2ccccc2)[C@H](OCc2ccccc2)[C@H]1OCc1ccccc1. The normalized spacial score (nSPS) is 23.8. The predicted molar refractivity (Wildman–Crippen MR) is 254 cm³/mol. The minimum Gasteiger partial charge on any atom is -0.371 e. The van der Waals surface area contributed by atoms with E-state index in [9.17, 15) is 0 Å². The summed E-state index contributed by atoms with van der Waals surface area (Å²) in [5.74, 6) is -0.688. The molecule has 3 N–H and O–H groups in total. The molecular formula is C55H78N2O6. The van der Waals surface area contributed by atoms with Crippen LogP contribution in [0.1, 0.15) is 133 Å². The Labute approximate surface area is 379 Å². The Kier molecular flexibility index (Phi) is 21.1. The molecule has 0 spiro atoms. The van der Waals surface area contributed by atoms with Gasteiger partial charge in [-0.2, -0.15) is 0 Å². The summed E-state index contributed by atoms with van der Waals surface area (Å²) in [6.07, 6.45) is 15.6. The van der Waals surface area contributed by atoms with E-state index in [-0.39, 0.29) is 36.5 Å². The van der Waals surface area contributed by atoms with Crippen molar-refractivity contribution in [3.8, 4) is 0 Å². The fraction of sp³-hybridized carbons (Fsp3) is 0.564. The molecule has 8 atom stereocenters. The summed E-state index contributed by atoms with van der Waals surface area (Å²) in [5, 5.41) is 3.90. The minimum atomic E-state index is -0.688. The van der Waals surface area contributed by atoms with Crippen molar-refractivity contribution in [2.75, 3.05) is 6.54 Å². The molecule has 1 aliphatic heterocycles. The molecule has 0 aromatic heterocycles. The fourth-order valence-electron chi connectivity index (χ4n) is 9.23. The van der Waals surface area contributed by atoms with Gasteiger partial charge in [0.1, 0.15) is 24.4 Å². The van der Waals surface area contributed by atoms with Crippen molar-refractivity contribution in [2.24, 2.45) is 5.73 Å². The quantitative estimate of drug-likeness (QED) is 0.0522. The molecule has 344 valence electrons. The largest absolute Gasteiger partial charge is 0.371 e. The molecule has 1 saturated heterocycles. The second-order valence-corrected chi connectivity index (χ2v) is 18.3. The van der Waals surface area contributed by atoms with Crippen LogP contribution in [0.3, 0.4) is 0 Å². The predicted octanol–water partition coefficient (Wildman–Crippen LogP) is 11.6. The van der Waals surface area contributed by atoms with Gasteiger partial charge in [0.25, 0.3) is 0 Å². The van der Waals surface area contributed by atoms with Crippen LogP contribution in [0.4, 0.5) is 0 Å². The van der Waals surface area contributed by atoms with Crippen LogP contribution in [0, 0.1) is 0 Å². The van der Waals surface area contributed by atoms with Gasteiger partial charge < -0.3 is 39.5 Å². The first-order chi connectivity index (χ1) is 30.9. The third kappa shape index (κ3) is 16.8. The van der Waals surface area contributed by atoms with E-state index in [0.717, 1.165) is 35.1 Å². The Morgan fingerprint density at radius 2 is 0.952 bits per heavy atom. The third-order valence-electron chi connectivity index (χ3n) is 12.7. The molecule has 4 aromatic rings. The molecule has 0 unspecified atom stereocenters. The average Bonchev–Trinajstić information content (AvgIpc) is 3.63. The standard InChI is InChI=1S/C55H78N2O6/c1-4-5-6-7-8-9-10-11-12-13-14-27-36-49-51(63-55(2,3)62-49)47(56)38-57-48-37-50(58-39-43-28-19-15-20-29-43)53(60-41-45-32-23-17-24-33-45)54(61-42-46-34-25-18-26-35-46)52(48)59-40-44-30-21-16-22-31-44/h15-26,28-35,47-54,57H,4-14,27,36-42,56H2,1-3H3/t47-,48+,49+,50-,51-,52-,53+,54+/m0/s1.